The van der Waals surface area contributed by atoms with Crippen LogP contribution in [-0.4, -0.2) is 50.7 Å². The minimum absolute atomic E-state index is 0.00512. The summed E-state index contributed by atoms with van der Waals surface area (Å²) in [4.78, 5) is 24.9. The van der Waals surface area contributed by atoms with Crippen molar-refractivity contribution in [1.29, 1.82) is 0 Å². The normalized spacial score (nSPS) is 12.0. The van der Waals surface area contributed by atoms with Gasteiger partial charge in [-0.25, -0.2) is 0 Å². The van der Waals surface area contributed by atoms with Crippen molar-refractivity contribution in [3.05, 3.63) is 35.9 Å². The molecule has 1 aromatic carbocycles. The third-order valence-electron chi connectivity index (χ3n) is 3.18. The van der Waals surface area contributed by atoms with E-state index in [9.17, 15) is 9.59 Å². The number of hydrogen-bond donors (Lipinski definition) is 1. The maximum atomic E-state index is 11.6. The highest BCUT2D eigenvalue weighted by molar-refractivity contribution is 5.75. The molecule has 0 spiro atoms. The maximum absolute atomic E-state index is 11.6. The van der Waals surface area contributed by atoms with Crippen molar-refractivity contribution >= 4 is 11.9 Å². The fourth-order valence-electron chi connectivity index (χ4n) is 2.13. The van der Waals surface area contributed by atoms with E-state index in [2.05, 4.69) is 0 Å². The van der Waals surface area contributed by atoms with Crippen molar-refractivity contribution in [1.82, 2.24) is 4.90 Å². The zero-order valence-electron chi connectivity index (χ0n) is 12.5. The number of esters is 2. The first-order valence-corrected chi connectivity index (χ1v) is 6.75. The lowest BCUT2D eigenvalue weighted by molar-refractivity contribution is -0.146. The predicted molar refractivity (Wildman–Crippen MR) is 78.5 cm³/mol. The Bertz CT molecular complexity index is 432. The molecule has 2 N–H and O–H groups in total. The van der Waals surface area contributed by atoms with Crippen molar-refractivity contribution < 1.29 is 19.1 Å². The molecule has 1 aromatic rings. The summed E-state index contributed by atoms with van der Waals surface area (Å²) in [6.07, 6.45) is 0.623. The standard InChI is InChI=1S/C15H22N2O4/c1-20-14(18)10-17(11-15(19)21-2)13(8-9-16)12-6-4-3-5-7-12/h3-7,13H,8-11,16H2,1-2H3. The molecule has 0 aliphatic rings. The number of nitrogens with zero attached hydrogens (tertiary/aromatic N) is 1. The van der Waals surface area contributed by atoms with Gasteiger partial charge in [0.25, 0.3) is 0 Å². The van der Waals surface area contributed by atoms with Crippen LogP contribution in [0.4, 0.5) is 0 Å². The number of methoxy groups -OCH3 is 2. The zero-order chi connectivity index (χ0) is 15.7. The van der Waals surface area contributed by atoms with Gasteiger partial charge in [0.15, 0.2) is 0 Å². The summed E-state index contributed by atoms with van der Waals surface area (Å²) < 4.78 is 9.39. The molecule has 1 unspecified atom stereocenters. The quantitative estimate of drug-likeness (QED) is 0.712. The lowest BCUT2D eigenvalue weighted by Gasteiger charge is -2.30. The van der Waals surface area contributed by atoms with Crippen LogP contribution < -0.4 is 5.73 Å². The second-order valence-electron chi connectivity index (χ2n) is 4.56. The van der Waals surface area contributed by atoms with Gasteiger partial charge in [0.2, 0.25) is 0 Å². The number of carbonyl (C=O) groups is 2. The first-order chi connectivity index (χ1) is 10.1. The fraction of sp³-hybridized carbons (Fsp3) is 0.467. The van der Waals surface area contributed by atoms with Gasteiger partial charge in [-0.1, -0.05) is 30.3 Å². The summed E-state index contributed by atoms with van der Waals surface area (Å²) in [7, 11) is 2.64. The van der Waals surface area contributed by atoms with Gasteiger partial charge in [0.1, 0.15) is 0 Å². The lowest BCUT2D eigenvalue weighted by atomic mass is 10.0. The van der Waals surface area contributed by atoms with E-state index >= 15 is 0 Å². The van der Waals surface area contributed by atoms with E-state index < -0.39 is 11.9 Å². The number of benzene rings is 1. The molecule has 21 heavy (non-hydrogen) atoms. The van der Waals surface area contributed by atoms with Crippen LogP contribution in [0.2, 0.25) is 0 Å². The average Bonchev–Trinajstić information content (AvgIpc) is 2.52. The van der Waals surface area contributed by atoms with Crippen LogP contribution in [0.15, 0.2) is 30.3 Å². The molecule has 0 heterocycles. The molecule has 0 amide bonds. The highest BCUT2D eigenvalue weighted by Gasteiger charge is 2.24. The Morgan fingerprint density at radius 3 is 2.05 bits per heavy atom. The Morgan fingerprint density at radius 1 is 1.10 bits per heavy atom. The van der Waals surface area contributed by atoms with Crippen molar-refractivity contribution in [3.8, 4) is 0 Å². The Kier molecular flexibility index (Phi) is 7.42. The maximum Gasteiger partial charge on any atom is 0.319 e. The largest absolute Gasteiger partial charge is 0.468 e. The number of carbonyl (C=O) groups excluding carboxylic acids is 2. The van der Waals surface area contributed by atoms with E-state index in [0.717, 1.165) is 5.56 Å². The second-order valence-corrected chi connectivity index (χ2v) is 4.56. The molecule has 116 valence electrons. The van der Waals surface area contributed by atoms with Crippen LogP contribution in [0.1, 0.15) is 18.0 Å². The van der Waals surface area contributed by atoms with Crippen LogP contribution in [0, 0.1) is 0 Å². The summed E-state index contributed by atoms with van der Waals surface area (Å²) in [6.45, 7) is 0.453. The topological polar surface area (TPSA) is 81.9 Å². The molecule has 6 nitrogen and oxygen atoms in total. The predicted octanol–water partition coefficient (Wildman–Crippen LogP) is 0.725. The van der Waals surface area contributed by atoms with Gasteiger partial charge in [0, 0.05) is 6.04 Å². The Balaban J connectivity index is 2.98. The van der Waals surface area contributed by atoms with Gasteiger partial charge in [0.05, 0.1) is 27.3 Å². The monoisotopic (exact) mass is 294 g/mol. The summed E-state index contributed by atoms with van der Waals surface area (Å²) in [5.74, 6) is -0.811. The van der Waals surface area contributed by atoms with E-state index in [1.165, 1.54) is 14.2 Å². The third-order valence-corrected chi connectivity index (χ3v) is 3.18. The van der Waals surface area contributed by atoms with Gasteiger partial charge in [-0.2, -0.15) is 0 Å². The molecule has 0 aliphatic heterocycles. The highest BCUT2D eigenvalue weighted by atomic mass is 16.5. The molecule has 0 bridgehead atoms. The van der Waals surface area contributed by atoms with E-state index in [1.807, 2.05) is 30.3 Å². The van der Waals surface area contributed by atoms with E-state index in [0.29, 0.717) is 13.0 Å². The minimum atomic E-state index is -0.406. The SMILES string of the molecule is COC(=O)CN(CC(=O)OC)C(CCN)c1ccccc1. The van der Waals surface area contributed by atoms with Crippen molar-refractivity contribution in [3.63, 3.8) is 0 Å². The summed E-state index contributed by atoms with van der Waals surface area (Å²) in [6, 6.07) is 9.48. The van der Waals surface area contributed by atoms with Crippen LogP contribution in [0.3, 0.4) is 0 Å². The van der Waals surface area contributed by atoms with Gasteiger partial charge in [-0.05, 0) is 18.5 Å². The number of ether oxygens (including phenoxy) is 2. The number of nitrogens with two attached hydrogens (primary N) is 1. The van der Waals surface area contributed by atoms with Gasteiger partial charge < -0.3 is 15.2 Å². The molecule has 1 atom stereocenters. The lowest BCUT2D eigenvalue weighted by Crippen LogP contribution is -2.39. The molecule has 6 heteroatoms. The molecule has 0 fully saturated rings. The van der Waals surface area contributed by atoms with Crippen LogP contribution in [-0.2, 0) is 19.1 Å². The Labute approximate surface area is 124 Å². The fourth-order valence-corrected chi connectivity index (χ4v) is 2.13. The van der Waals surface area contributed by atoms with E-state index in [-0.39, 0.29) is 19.1 Å². The number of rotatable bonds is 8. The Hall–Kier alpha value is -1.92. The molecule has 0 saturated carbocycles. The summed E-state index contributed by atoms with van der Waals surface area (Å²) in [5, 5.41) is 0. The molecule has 0 saturated heterocycles. The minimum Gasteiger partial charge on any atom is -0.468 e. The highest BCUT2D eigenvalue weighted by Crippen LogP contribution is 2.23. The van der Waals surface area contributed by atoms with Crippen LogP contribution in [0.25, 0.3) is 0 Å². The first kappa shape index (κ1) is 17.1. The van der Waals surface area contributed by atoms with Gasteiger partial charge in [-0.3, -0.25) is 14.5 Å². The zero-order valence-corrected chi connectivity index (χ0v) is 12.5. The van der Waals surface area contributed by atoms with Crippen LogP contribution >= 0.6 is 0 Å². The van der Waals surface area contributed by atoms with Crippen molar-refractivity contribution in [2.24, 2.45) is 5.73 Å². The van der Waals surface area contributed by atoms with Crippen LogP contribution in [0.5, 0.6) is 0 Å². The van der Waals surface area contributed by atoms with Crippen molar-refractivity contribution in [2.45, 2.75) is 12.5 Å². The summed E-state index contributed by atoms with van der Waals surface area (Å²) >= 11 is 0. The van der Waals surface area contributed by atoms with Crippen molar-refractivity contribution in [2.75, 3.05) is 33.9 Å². The average molecular weight is 294 g/mol. The van der Waals surface area contributed by atoms with E-state index in [4.69, 9.17) is 15.2 Å². The third kappa shape index (κ3) is 5.53. The number of hydrogen-bond acceptors (Lipinski definition) is 6. The van der Waals surface area contributed by atoms with Gasteiger partial charge in [-0.15, -0.1) is 0 Å². The van der Waals surface area contributed by atoms with Gasteiger partial charge >= 0.3 is 11.9 Å². The Morgan fingerprint density at radius 2 is 1.62 bits per heavy atom. The smallest absolute Gasteiger partial charge is 0.319 e. The molecule has 1 rings (SSSR count). The molecular weight excluding hydrogens is 272 g/mol. The first-order valence-electron chi connectivity index (χ1n) is 6.75. The summed E-state index contributed by atoms with van der Waals surface area (Å²) in [5.41, 5.74) is 6.67. The molecule has 0 aliphatic carbocycles. The molecule has 0 radical (unpaired) electrons. The van der Waals surface area contributed by atoms with E-state index in [1.54, 1.807) is 4.90 Å². The molecular formula is C15H22N2O4. The second kappa shape index (κ2) is 9.10. The molecule has 0 aromatic heterocycles.